The summed E-state index contributed by atoms with van der Waals surface area (Å²) in [6, 6.07) is 4.13. The maximum absolute atomic E-state index is 11.5. The van der Waals surface area contributed by atoms with Crippen LogP contribution in [0, 0.1) is 5.41 Å². The van der Waals surface area contributed by atoms with E-state index in [-0.39, 0.29) is 35.9 Å². The molecule has 1 aliphatic rings. The Morgan fingerprint density at radius 1 is 1.33 bits per heavy atom. The predicted octanol–water partition coefficient (Wildman–Crippen LogP) is 2.49. The van der Waals surface area contributed by atoms with Gasteiger partial charge >= 0.3 is 0 Å². The summed E-state index contributed by atoms with van der Waals surface area (Å²) in [5, 5.41) is 6.64. The van der Waals surface area contributed by atoms with Crippen molar-refractivity contribution in [1.29, 1.82) is 0 Å². The standard InChI is InChI=1S/C19H33N5O2.HI/c1-4-21-18(23-14-19(2,3)17(20)25)22-13-15(16-9-8-12-26-16)24-10-6-5-7-11-24;/h8-9,12,15H,4-7,10-11,13-14H2,1-3H3,(H2,20,25)(H2,21,22,23);1H. The van der Waals surface area contributed by atoms with Crippen molar-refractivity contribution in [1.82, 2.24) is 15.5 Å². The Kier molecular flexibility index (Phi) is 10.1. The molecule has 2 heterocycles. The van der Waals surface area contributed by atoms with E-state index in [9.17, 15) is 4.79 Å². The normalized spacial score (nSPS) is 17.1. The van der Waals surface area contributed by atoms with Gasteiger partial charge in [0.05, 0.1) is 24.3 Å². The highest BCUT2D eigenvalue weighted by Crippen LogP contribution is 2.24. The Hall–Kier alpha value is -1.29. The number of hydrogen-bond donors (Lipinski definition) is 3. The van der Waals surface area contributed by atoms with Crippen molar-refractivity contribution in [2.45, 2.75) is 46.1 Å². The zero-order chi connectivity index (χ0) is 19.0. The molecule has 0 aliphatic carbocycles. The van der Waals surface area contributed by atoms with E-state index < -0.39 is 5.41 Å². The first-order valence-electron chi connectivity index (χ1n) is 9.53. The van der Waals surface area contributed by atoms with Crippen LogP contribution in [0.4, 0.5) is 0 Å². The lowest BCUT2D eigenvalue weighted by molar-refractivity contribution is -0.125. The molecule has 1 aromatic heterocycles. The average molecular weight is 491 g/mol. The summed E-state index contributed by atoms with van der Waals surface area (Å²) in [5.41, 5.74) is 4.78. The van der Waals surface area contributed by atoms with Gasteiger partial charge in [0, 0.05) is 13.1 Å². The number of nitrogens with two attached hydrogens (primary N) is 1. The van der Waals surface area contributed by atoms with Gasteiger partial charge in [0.1, 0.15) is 5.76 Å². The number of nitrogens with zero attached hydrogens (tertiary/aromatic N) is 2. The van der Waals surface area contributed by atoms with Crippen LogP contribution in [0.25, 0.3) is 0 Å². The maximum atomic E-state index is 11.5. The van der Waals surface area contributed by atoms with E-state index in [0.717, 1.165) is 25.4 Å². The summed E-state index contributed by atoms with van der Waals surface area (Å²) in [6.07, 6.45) is 5.46. The van der Waals surface area contributed by atoms with Crippen LogP contribution in [0.1, 0.15) is 51.8 Å². The fourth-order valence-electron chi connectivity index (χ4n) is 3.01. The Morgan fingerprint density at radius 3 is 2.59 bits per heavy atom. The minimum atomic E-state index is -0.671. The molecule has 0 radical (unpaired) electrons. The molecule has 0 spiro atoms. The number of primary amides is 1. The van der Waals surface area contributed by atoms with Crippen LogP contribution in [0.5, 0.6) is 0 Å². The lowest BCUT2D eigenvalue weighted by Gasteiger charge is -2.33. The Balaban J connectivity index is 0.00000364. The van der Waals surface area contributed by atoms with Gasteiger partial charge in [-0.2, -0.15) is 0 Å². The third kappa shape index (κ3) is 7.33. The first kappa shape index (κ1) is 23.7. The molecule has 1 saturated heterocycles. The molecule has 4 N–H and O–H groups in total. The minimum absolute atomic E-state index is 0. The zero-order valence-corrected chi connectivity index (χ0v) is 19.0. The first-order valence-corrected chi connectivity index (χ1v) is 9.53. The molecule has 1 aliphatic heterocycles. The molecule has 1 unspecified atom stereocenters. The van der Waals surface area contributed by atoms with Crippen molar-refractivity contribution in [3.8, 4) is 0 Å². The molecule has 1 aromatic rings. The number of carbonyl (C=O) groups excluding carboxylic acids is 1. The smallest absolute Gasteiger partial charge is 0.224 e. The first-order chi connectivity index (χ1) is 12.4. The third-order valence-corrected chi connectivity index (χ3v) is 4.81. The number of furan rings is 1. The lowest BCUT2D eigenvalue weighted by atomic mass is 9.93. The zero-order valence-electron chi connectivity index (χ0n) is 16.7. The molecule has 154 valence electrons. The molecule has 2 rings (SSSR count). The van der Waals surface area contributed by atoms with Gasteiger partial charge in [-0.05, 0) is 58.8 Å². The van der Waals surface area contributed by atoms with Crippen molar-refractivity contribution in [2.75, 3.05) is 32.7 Å². The number of piperidine rings is 1. The van der Waals surface area contributed by atoms with Gasteiger partial charge < -0.3 is 20.8 Å². The molecule has 7 nitrogen and oxygen atoms in total. The van der Waals surface area contributed by atoms with Crippen molar-refractivity contribution in [2.24, 2.45) is 16.1 Å². The summed E-state index contributed by atoms with van der Waals surface area (Å²) in [4.78, 5) is 18.5. The Labute approximate surface area is 179 Å². The van der Waals surface area contributed by atoms with E-state index in [4.69, 9.17) is 10.2 Å². The second-order valence-corrected chi connectivity index (χ2v) is 7.45. The van der Waals surface area contributed by atoms with E-state index in [1.165, 1.54) is 19.3 Å². The molecular formula is C19H34IN5O2. The highest BCUT2D eigenvalue weighted by Gasteiger charge is 2.26. The molecule has 1 atom stereocenters. The van der Waals surface area contributed by atoms with Gasteiger partial charge in [-0.15, -0.1) is 24.0 Å². The number of hydrogen-bond acceptors (Lipinski definition) is 4. The van der Waals surface area contributed by atoms with Gasteiger partial charge in [-0.1, -0.05) is 6.42 Å². The largest absolute Gasteiger partial charge is 0.468 e. The van der Waals surface area contributed by atoms with E-state index >= 15 is 0 Å². The molecule has 0 saturated carbocycles. The highest BCUT2D eigenvalue weighted by molar-refractivity contribution is 14.0. The number of carbonyl (C=O) groups is 1. The predicted molar refractivity (Wildman–Crippen MR) is 119 cm³/mol. The summed E-state index contributed by atoms with van der Waals surface area (Å²) in [6.45, 7) is 9.57. The molecular weight excluding hydrogens is 457 g/mol. The SMILES string of the molecule is CCNC(=NCC(C)(C)C(N)=O)NCC(c1ccco1)N1CCCCC1.I. The highest BCUT2D eigenvalue weighted by atomic mass is 127. The summed E-state index contributed by atoms with van der Waals surface area (Å²) in [7, 11) is 0. The van der Waals surface area contributed by atoms with Crippen molar-refractivity contribution >= 4 is 35.8 Å². The van der Waals surface area contributed by atoms with Crippen LogP contribution in [-0.4, -0.2) is 49.5 Å². The fourth-order valence-corrected chi connectivity index (χ4v) is 3.01. The van der Waals surface area contributed by atoms with E-state index in [2.05, 4.69) is 20.5 Å². The monoisotopic (exact) mass is 491 g/mol. The number of halogens is 1. The van der Waals surface area contributed by atoms with Gasteiger partial charge in [0.15, 0.2) is 5.96 Å². The number of amides is 1. The average Bonchev–Trinajstić information content (AvgIpc) is 3.15. The van der Waals surface area contributed by atoms with Crippen molar-refractivity contribution in [3.63, 3.8) is 0 Å². The summed E-state index contributed by atoms with van der Waals surface area (Å²) >= 11 is 0. The van der Waals surface area contributed by atoms with Crippen LogP contribution >= 0.6 is 24.0 Å². The van der Waals surface area contributed by atoms with Gasteiger partial charge in [0.25, 0.3) is 0 Å². The quantitative estimate of drug-likeness (QED) is 0.295. The Morgan fingerprint density at radius 2 is 2.04 bits per heavy atom. The lowest BCUT2D eigenvalue weighted by Crippen LogP contribution is -2.45. The number of likely N-dealkylation sites (tertiary alicyclic amines) is 1. The summed E-state index contributed by atoms with van der Waals surface area (Å²) in [5.74, 6) is 1.31. The van der Waals surface area contributed by atoms with Crippen LogP contribution in [-0.2, 0) is 4.79 Å². The molecule has 0 aromatic carbocycles. The topological polar surface area (TPSA) is 95.9 Å². The Bertz CT molecular complexity index is 583. The van der Waals surface area contributed by atoms with Crippen molar-refractivity contribution in [3.05, 3.63) is 24.2 Å². The van der Waals surface area contributed by atoms with Gasteiger partial charge in [-0.3, -0.25) is 14.7 Å². The van der Waals surface area contributed by atoms with Gasteiger partial charge in [0.2, 0.25) is 5.91 Å². The van der Waals surface area contributed by atoms with Gasteiger partial charge in [-0.25, -0.2) is 0 Å². The molecule has 1 fully saturated rings. The number of nitrogens with one attached hydrogen (secondary N) is 2. The van der Waals surface area contributed by atoms with Crippen LogP contribution in [0.3, 0.4) is 0 Å². The third-order valence-electron chi connectivity index (χ3n) is 4.81. The molecule has 27 heavy (non-hydrogen) atoms. The van der Waals surface area contributed by atoms with E-state index in [1.54, 1.807) is 6.26 Å². The van der Waals surface area contributed by atoms with E-state index in [0.29, 0.717) is 19.0 Å². The number of rotatable bonds is 8. The maximum Gasteiger partial charge on any atom is 0.224 e. The number of aliphatic imine (C=N–C) groups is 1. The fraction of sp³-hybridized carbons (Fsp3) is 0.684. The van der Waals surface area contributed by atoms with Crippen molar-refractivity contribution < 1.29 is 9.21 Å². The molecule has 0 bridgehead atoms. The van der Waals surface area contributed by atoms with Crippen LogP contribution in [0.15, 0.2) is 27.8 Å². The molecule has 1 amide bonds. The summed E-state index contributed by atoms with van der Waals surface area (Å²) < 4.78 is 5.68. The van der Waals surface area contributed by atoms with Crippen LogP contribution in [0.2, 0.25) is 0 Å². The van der Waals surface area contributed by atoms with E-state index in [1.807, 2.05) is 32.9 Å². The second-order valence-electron chi connectivity index (χ2n) is 7.45. The second kappa shape index (κ2) is 11.5. The minimum Gasteiger partial charge on any atom is -0.468 e. The molecule has 8 heteroatoms. The van der Waals surface area contributed by atoms with Crippen LogP contribution < -0.4 is 16.4 Å². The number of guanidine groups is 1.